The molecule has 1 aliphatic heterocycles. The zero-order valence-electron chi connectivity index (χ0n) is 16.5. The number of aliphatic hydroxyl groups is 1. The molecule has 5 heteroatoms. The quantitative estimate of drug-likeness (QED) is 0.813. The van der Waals surface area contributed by atoms with Crippen molar-refractivity contribution >= 4 is 11.8 Å². The standard InChI is InChI=1S/C21H32N2O3/c1-5-6-7-18-20(25)22(4)14-15-23(18)19(24)17-10-8-16(9-11-17)12-13-21(2,3)26/h8-11,18,26H,5-7,12-15H2,1-4H3. The Labute approximate surface area is 157 Å². The van der Waals surface area contributed by atoms with Crippen molar-refractivity contribution in [2.75, 3.05) is 20.1 Å². The molecule has 0 radical (unpaired) electrons. The third-order valence-corrected chi connectivity index (χ3v) is 5.03. The third kappa shape index (κ3) is 5.31. The predicted octanol–water partition coefficient (Wildman–Crippen LogP) is 2.86. The number of piperazine rings is 1. The van der Waals surface area contributed by atoms with Crippen molar-refractivity contribution in [2.45, 2.75) is 64.5 Å². The smallest absolute Gasteiger partial charge is 0.254 e. The van der Waals surface area contributed by atoms with Gasteiger partial charge in [-0.25, -0.2) is 0 Å². The highest BCUT2D eigenvalue weighted by molar-refractivity contribution is 5.98. The first kappa shape index (κ1) is 20.4. The summed E-state index contributed by atoms with van der Waals surface area (Å²) < 4.78 is 0. The molecule has 1 fully saturated rings. The molecule has 1 aromatic carbocycles. The molecule has 144 valence electrons. The van der Waals surface area contributed by atoms with E-state index in [1.165, 1.54) is 0 Å². The molecule has 1 heterocycles. The van der Waals surface area contributed by atoms with Crippen LogP contribution in [-0.2, 0) is 11.2 Å². The summed E-state index contributed by atoms with van der Waals surface area (Å²) in [5.74, 6) is -0.0264. The van der Waals surface area contributed by atoms with E-state index in [-0.39, 0.29) is 17.9 Å². The van der Waals surface area contributed by atoms with Crippen molar-refractivity contribution in [3.63, 3.8) is 0 Å². The van der Waals surface area contributed by atoms with Crippen LogP contribution in [0, 0.1) is 0 Å². The number of benzene rings is 1. The van der Waals surface area contributed by atoms with Crippen molar-refractivity contribution in [2.24, 2.45) is 0 Å². The van der Waals surface area contributed by atoms with Gasteiger partial charge in [0.05, 0.1) is 5.60 Å². The summed E-state index contributed by atoms with van der Waals surface area (Å²) >= 11 is 0. The van der Waals surface area contributed by atoms with Crippen molar-refractivity contribution in [3.8, 4) is 0 Å². The van der Waals surface area contributed by atoms with Crippen LogP contribution in [0.3, 0.4) is 0 Å². The number of aryl methyl sites for hydroxylation is 1. The van der Waals surface area contributed by atoms with Crippen LogP contribution in [0.5, 0.6) is 0 Å². The third-order valence-electron chi connectivity index (χ3n) is 5.03. The Morgan fingerprint density at radius 1 is 1.23 bits per heavy atom. The first-order chi connectivity index (χ1) is 12.2. The lowest BCUT2D eigenvalue weighted by Crippen LogP contribution is -2.57. The lowest BCUT2D eigenvalue weighted by Gasteiger charge is -2.39. The van der Waals surface area contributed by atoms with Gasteiger partial charge < -0.3 is 14.9 Å². The minimum atomic E-state index is -0.693. The van der Waals surface area contributed by atoms with Gasteiger partial charge in [-0.2, -0.15) is 0 Å². The van der Waals surface area contributed by atoms with E-state index in [2.05, 4.69) is 6.92 Å². The molecule has 2 rings (SSSR count). The highest BCUT2D eigenvalue weighted by Gasteiger charge is 2.35. The Morgan fingerprint density at radius 3 is 2.46 bits per heavy atom. The number of carbonyl (C=O) groups is 2. The van der Waals surface area contributed by atoms with E-state index in [9.17, 15) is 14.7 Å². The number of carbonyl (C=O) groups excluding carboxylic acids is 2. The number of unbranched alkanes of at least 4 members (excludes halogenated alkanes) is 1. The normalized spacial score (nSPS) is 18.3. The molecule has 0 aromatic heterocycles. The molecule has 0 aliphatic carbocycles. The van der Waals surface area contributed by atoms with Crippen LogP contribution in [0.25, 0.3) is 0 Å². The van der Waals surface area contributed by atoms with E-state index in [1.54, 1.807) is 30.7 Å². The lowest BCUT2D eigenvalue weighted by molar-refractivity contribution is -0.138. The average molecular weight is 360 g/mol. The Morgan fingerprint density at radius 2 is 1.88 bits per heavy atom. The van der Waals surface area contributed by atoms with E-state index in [0.29, 0.717) is 25.1 Å². The van der Waals surface area contributed by atoms with E-state index in [0.717, 1.165) is 31.2 Å². The van der Waals surface area contributed by atoms with Crippen LogP contribution >= 0.6 is 0 Å². The number of hydrogen-bond donors (Lipinski definition) is 1. The summed E-state index contributed by atoms with van der Waals surface area (Å²) in [5.41, 5.74) is 1.03. The summed E-state index contributed by atoms with van der Waals surface area (Å²) in [6, 6.07) is 7.20. The maximum atomic E-state index is 13.0. The molecule has 1 saturated heterocycles. The molecular weight excluding hydrogens is 328 g/mol. The van der Waals surface area contributed by atoms with Gasteiger partial charge in [-0.05, 0) is 50.8 Å². The lowest BCUT2D eigenvalue weighted by atomic mass is 9.98. The SMILES string of the molecule is CCCCC1C(=O)N(C)CCN1C(=O)c1ccc(CCC(C)(C)O)cc1. The Bertz CT molecular complexity index is 619. The molecule has 1 unspecified atom stereocenters. The maximum Gasteiger partial charge on any atom is 0.254 e. The summed E-state index contributed by atoms with van der Waals surface area (Å²) in [7, 11) is 1.81. The molecule has 1 aromatic rings. The Balaban J connectivity index is 2.09. The van der Waals surface area contributed by atoms with Gasteiger partial charge in [-0.1, -0.05) is 31.9 Å². The number of nitrogens with zero attached hydrogens (tertiary/aromatic N) is 2. The maximum absolute atomic E-state index is 13.0. The van der Waals surface area contributed by atoms with Crippen LogP contribution in [0.2, 0.25) is 0 Å². The summed E-state index contributed by atoms with van der Waals surface area (Å²) in [5, 5.41) is 9.84. The van der Waals surface area contributed by atoms with Gasteiger partial charge in [0.2, 0.25) is 5.91 Å². The van der Waals surface area contributed by atoms with Crippen molar-refractivity contribution in [1.82, 2.24) is 9.80 Å². The van der Waals surface area contributed by atoms with E-state index >= 15 is 0 Å². The fourth-order valence-electron chi connectivity index (χ4n) is 3.26. The number of rotatable bonds is 7. The summed E-state index contributed by atoms with van der Waals surface area (Å²) in [6.07, 6.45) is 4.10. The van der Waals surface area contributed by atoms with Gasteiger partial charge >= 0.3 is 0 Å². The highest BCUT2D eigenvalue weighted by atomic mass is 16.3. The Kier molecular flexibility index (Phi) is 6.81. The van der Waals surface area contributed by atoms with Gasteiger partial charge in [0.1, 0.15) is 6.04 Å². The average Bonchev–Trinajstić information content (AvgIpc) is 2.60. The van der Waals surface area contributed by atoms with Crippen molar-refractivity contribution in [1.29, 1.82) is 0 Å². The van der Waals surface area contributed by atoms with Gasteiger partial charge in [0.15, 0.2) is 0 Å². The second-order valence-electron chi connectivity index (χ2n) is 7.93. The van der Waals surface area contributed by atoms with Crippen molar-refractivity contribution in [3.05, 3.63) is 35.4 Å². The molecule has 1 N–H and O–H groups in total. The monoisotopic (exact) mass is 360 g/mol. The first-order valence-corrected chi connectivity index (χ1v) is 9.60. The second kappa shape index (κ2) is 8.67. The number of amides is 2. The number of hydrogen-bond acceptors (Lipinski definition) is 3. The van der Waals surface area contributed by atoms with E-state index < -0.39 is 5.60 Å². The zero-order valence-corrected chi connectivity index (χ0v) is 16.5. The molecule has 1 atom stereocenters. The summed E-state index contributed by atoms with van der Waals surface area (Å²) in [6.45, 7) is 6.85. The fourth-order valence-corrected chi connectivity index (χ4v) is 3.26. The minimum Gasteiger partial charge on any atom is -0.390 e. The molecule has 2 amide bonds. The van der Waals surface area contributed by atoms with Crippen LogP contribution in [0.1, 0.15) is 62.4 Å². The minimum absolute atomic E-state index is 0.0415. The van der Waals surface area contributed by atoms with Crippen LogP contribution < -0.4 is 0 Å². The molecule has 0 bridgehead atoms. The summed E-state index contributed by atoms with van der Waals surface area (Å²) in [4.78, 5) is 29.0. The van der Waals surface area contributed by atoms with Crippen molar-refractivity contribution < 1.29 is 14.7 Å². The molecular formula is C21H32N2O3. The van der Waals surface area contributed by atoms with Crippen LogP contribution in [0.4, 0.5) is 0 Å². The molecule has 26 heavy (non-hydrogen) atoms. The Hall–Kier alpha value is -1.88. The van der Waals surface area contributed by atoms with E-state index in [1.807, 2.05) is 24.3 Å². The number of likely N-dealkylation sites (N-methyl/N-ethyl adjacent to an activating group) is 1. The van der Waals surface area contributed by atoms with Crippen LogP contribution in [-0.4, -0.2) is 58.5 Å². The highest BCUT2D eigenvalue weighted by Crippen LogP contribution is 2.20. The molecule has 1 aliphatic rings. The van der Waals surface area contributed by atoms with Gasteiger partial charge in [-0.15, -0.1) is 0 Å². The zero-order chi connectivity index (χ0) is 19.3. The van der Waals surface area contributed by atoms with Gasteiger partial charge in [0.25, 0.3) is 5.91 Å². The predicted molar refractivity (Wildman–Crippen MR) is 103 cm³/mol. The van der Waals surface area contributed by atoms with Gasteiger partial charge in [-0.3, -0.25) is 9.59 Å². The topological polar surface area (TPSA) is 60.9 Å². The molecule has 0 saturated carbocycles. The van der Waals surface area contributed by atoms with Crippen LogP contribution in [0.15, 0.2) is 24.3 Å². The molecule has 0 spiro atoms. The van der Waals surface area contributed by atoms with Gasteiger partial charge in [0, 0.05) is 25.7 Å². The largest absolute Gasteiger partial charge is 0.390 e. The fraction of sp³-hybridized carbons (Fsp3) is 0.619. The molecule has 5 nitrogen and oxygen atoms in total. The second-order valence-corrected chi connectivity index (χ2v) is 7.93. The first-order valence-electron chi connectivity index (χ1n) is 9.60. The van der Waals surface area contributed by atoms with E-state index in [4.69, 9.17) is 0 Å².